The highest BCUT2D eigenvalue weighted by Crippen LogP contribution is 2.40. The second kappa shape index (κ2) is 7.65. The quantitative estimate of drug-likeness (QED) is 0.315. The molecule has 0 atom stereocenters. The Morgan fingerprint density at radius 2 is 1.52 bits per heavy atom. The van der Waals surface area contributed by atoms with E-state index < -0.39 is 10.9 Å². The number of cyclic esters (lactones) is 1. The molecule has 7 nitrogen and oxygen atoms in total. The Bertz CT molecular complexity index is 1080. The number of phenolic OH excluding ortho intramolecular Hbond substituents is 1. The van der Waals surface area contributed by atoms with E-state index in [1.807, 2.05) is 53.7 Å². The minimum absolute atomic E-state index is 0.0575. The SMILES string of the molecule is CC(C)(C)c1cc(/C=C2\N=C(c3ccc([N+](=O)[O-])cc3)OC2=O)cc(C(C)(C)C)c1O. The molecule has 0 amide bonds. The third kappa shape index (κ3) is 4.66. The molecule has 0 spiro atoms. The fraction of sp³-hybridized carbons (Fsp3) is 0.333. The van der Waals surface area contributed by atoms with E-state index in [1.165, 1.54) is 24.3 Å². The van der Waals surface area contributed by atoms with Gasteiger partial charge in [-0.3, -0.25) is 10.1 Å². The zero-order chi connectivity index (χ0) is 23.1. The van der Waals surface area contributed by atoms with Crippen LogP contribution >= 0.6 is 0 Å². The number of aromatic hydroxyl groups is 1. The number of carbonyl (C=O) groups excluding carboxylic acids is 1. The summed E-state index contributed by atoms with van der Waals surface area (Å²) >= 11 is 0. The zero-order valence-electron chi connectivity index (χ0n) is 18.5. The van der Waals surface area contributed by atoms with Gasteiger partial charge in [-0.25, -0.2) is 9.79 Å². The molecule has 0 fully saturated rings. The van der Waals surface area contributed by atoms with Gasteiger partial charge in [0, 0.05) is 28.8 Å². The van der Waals surface area contributed by atoms with Crippen molar-refractivity contribution in [2.75, 3.05) is 0 Å². The Labute approximate surface area is 181 Å². The highest BCUT2D eigenvalue weighted by Gasteiger charge is 2.28. The van der Waals surface area contributed by atoms with Crippen LogP contribution in [0.3, 0.4) is 0 Å². The molecule has 0 saturated heterocycles. The Morgan fingerprint density at radius 3 is 1.97 bits per heavy atom. The van der Waals surface area contributed by atoms with Crippen LogP contribution in [0.1, 0.15) is 63.8 Å². The summed E-state index contributed by atoms with van der Waals surface area (Å²) < 4.78 is 5.27. The summed E-state index contributed by atoms with van der Waals surface area (Å²) in [5.41, 5.74) is 2.21. The van der Waals surface area contributed by atoms with Gasteiger partial charge >= 0.3 is 5.97 Å². The maximum Gasteiger partial charge on any atom is 0.363 e. The molecule has 3 rings (SSSR count). The van der Waals surface area contributed by atoms with Crippen LogP contribution in [0.15, 0.2) is 47.1 Å². The number of ether oxygens (including phenoxy) is 1. The van der Waals surface area contributed by atoms with Crippen LogP contribution in [0.2, 0.25) is 0 Å². The summed E-state index contributed by atoms with van der Waals surface area (Å²) in [5.74, 6) is -0.251. The molecule has 1 heterocycles. The molecule has 0 bridgehead atoms. The van der Waals surface area contributed by atoms with Crippen molar-refractivity contribution >= 4 is 23.6 Å². The number of esters is 1. The number of phenols is 1. The molecule has 0 unspecified atom stereocenters. The van der Waals surface area contributed by atoms with Crippen LogP contribution < -0.4 is 0 Å². The summed E-state index contributed by atoms with van der Waals surface area (Å²) in [6, 6.07) is 9.35. The lowest BCUT2D eigenvalue weighted by atomic mass is 9.78. The second-order valence-corrected chi connectivity index (χ2v) is 9.60. The first-order valence-corrected chi connectivity index (χ1v) is 9.93. The highest BCUT2D eigenvalue weighted by molar-refractivity contribution is 6.12. The molecule has 1 N–H and O–H groups in total. The van der Waals surface area contributed by atoms with E-state index in [-0.39, 0.29) is 33.9 Å². The number of non-ortho nitro benzene ring substituents is 1. The summed E-state index contributed by atoms with van der Waals surface area (Å²) in [4.78, 5) is 27.0. The van der Waals surface area contributed by atoms with E-state index in [9.17, 15) is 20.0 Å². The lowest BCUT2D eigenvalue weighted by Gasteiger charge is -2.27. The molecule has 2 aromatic carbocycles. The van der Waals surface area contributed by atoms with Gasteiger partial charge in [-0.05, 0) is 46.7 Å². The fourth-order valence-electron chi connectivity index (χ4n) is 3.30. The van der Waals surface area contributed by atoms with Crippen LogP contribution in [0.25, 0.3) is 6.08 Å². The van der Waals surface area contributed by atoms with E-state index in [0.717, 1.165) is 16.7 Å². The molecule has 1 aliphatic heterocycles. The van der Waals surface area contributed by atoms with Gasteiger partial charge in [0.1, 0.15) is 5.75 Å². The fourth-order valence-corrected chi connectivity index (χ4v) is 3.30. The first kappa shape index (κ1) is 22.2. The average Bonchev–Trinajstić information content (AvgIpc) is 3.01. The zero-order valence-corrected chi connectivity index (χ0v) is 18.5. The van der Waals surface area contributed by atoms with Gasteiger partial charge < -0.3 is 9.84 Å². The normalized spacial score (nSPS) is 15.7. The van der Waals surface area contributed by atoms with Crippen molar-refractivity contribution in [2.24, 2.45) is 4.99 Å². The topological polar surface area (TPSA) is 102 Å². The lowest BCUT2D eigenvalue weighted by Crippen LogP contribution is -2.17. The van der Waals surface area contributed by atoms with Crippen molar-refractivity contribution in [1.29, 1.82) is 0 Å². The highest BCUT2D eigenvalue weighted by atomic mass is 16.6. The molecular weight excluding hydrogens is 396 g/mol. The van der Waals surface area contributed by atoms with Gasteiger partial charge in [0.15, 0.2) is 5.70 Å². The number of hydrogen-bond donors (Lipinski definition) is 1. The first-order chi connectivity index (χ1) is 14.3. The third-order valence-corrected chi connectivity index (χ3v) is 5.00. The number of rotatable bonds is 3. The van der Waals surface area contributed by atoms with Gasteiger partial charge in [-0.2, -0.15) is 0 Å². The number of benzene rings is 2. The summed E-state index contributed by atoms with van der Waals surface area (Å²) in [6.45, 7) is 12.1. The predicted octanol–water partition coefficient (Wildman–Crippen LogP) is 5.24. The van der Waals surface area contributed by atoms with Crippen LogP contribution in [0.5, 0.6) is 5.75 Å². The van der Waals surface area contributed by atoms with E-state index in [0.29, 0.717) is 5.56 Å². The largest absolute Gasteiger partial charge is 0.507 e. The maximum absolute atomic E-state index is 12.4. The van der Waals surface area contributed by atoms with Gasteiger partial charge in [0.2, 0.25) is 5.90 Å². The number of nitrogens with zero attached hydrogens (tertiary/aromatic N) is 2. The Morgan fingerprint density at radius 1 is 1.00 bits per heavy atom. The maximum atomic E-state index is 12.4. The predicted molar refractivity (Wildman–Crippen MR) is 119 cm³/mol. The molecule has 0 saturated carbocycles. The van der Waals surface area contributed by atoms with Crippen LogP contribution in [-0.4, -0.2) is 21.9 Å². The van der Waals surface area contributed by atoms with E-state index in [4.69, 9.17) is 4.74 Å². The van der Waals surface area contributed by atoms with Crippen molar-refractivity contribution in [2.45, 2.75) is 52.4 Å². The summed E-state index contributed by atoms with van der Waals surface area (Å²) in [5, 5.41) is 21.7. The molecule has 1 aliphatic rings. The summed E-state index contributed by atoms with van der Waals surface area (Å²) in [6.07, 6.45) is 1.63. The van der Waals surface area contributed by atoms with E-state index in [2.05, 4.69) is 4.99 Å². The number of nitro benzene ring substituents is 1. The minimum atomic E-state index is -0.601. The third-order valence-electron chi connectivity index (χ3n) is 5.00. The molecule has 31 heavy (non-hydrogen) atoms. The molecule has 7 heteroatoms. The molecule has 0 aliphatic carbocycles. The molecule has 0 radical (unpaired) electrons. The monoisotopic (exact) mass is 422 g/mol. The number of nitro groups is 1. The van der Waals surface area contributed by atoms with Crippen LogP contribution in [0, 0.1) is 10.1 Å². The van der Waals surface area contributed by atoms with Gasteiger partial charge in [0.05, 0.1) is 4.92 Å². The smallest absolute Gasteiger partial charge is 0.363 e. The van der Waals surface area contributed by atoms with Gasteiger partial charge in [-0.1, -0.05) is 41.5 Å². The standard InChI is InChI=1S/C24H26N2O5/c1-23(2,3)17-11-14(12-18(20(17)27)24(4,5)6)13-19-22(28)31-21(25-19)15-7-9-16(10-8-15)26(29)30/h7-13,27H,1-6H3/b19-13-. The lowest BCUT2D eigenvalue weighted by molar-refractivity contribution is -0.384. The van der Waals surface area contributed by atoms with Gasteiger partial charge in [-0.15, -0.1) is 0 Å². The Balaban J connectivity index is 2.06. The van der Waals surface area contributed by atoms with Crippen molar-refractivity contribution in [3.8, 4) is 5.75 Å². The van der Waals surface area contributed by atoms with Crippen molar-refractivity contribution < 1.29 is 19.6 Å². The molecule has 2 aromatic rings. The number of carbonyl (C=O) groups is 1. The minimum Gasteiger partial charge on any atom is -0.507 e. The van der Waals surface area contributed by atoms with Crippen molar-refractivity contribution in [3.05, 3.63) is 74.5 Å². The first-order valence-electron chi connectivity index (χ1n) is 9.93. The van der Waals surface area contributed by atoms with Crippen molar-refractivity contribution in [1.82, 2.24) is 0 Å². The van der Waals surface area contributed by atoms with Gasteiger partial charge in [0.25, 0.3) is 5.69 Å². The van der Waals surface area contributed by atoms with E-state index >= 15 is 0 Å². The Kier molecular flexibility index (Phi) is 5.48. The number of aliphatic imine (C=N–C) groups is 1. The van der Waals surface area contributed by atoms with Crippen LogP contribution in [-0.2, 0) is 20.4 Å². The molecule has 162 valence electrons. The Hall–Kier alpha value is -3.48. The molecule has 0 aromatic heterocycles. The summed E-state index contributed by atoms with van der Waals surface area (Å²) in [7, 11) is 0. The average molecular weight is 422 g/mol. The van der Waals surface area contributed by atoms with E-state index in [1.54, 1.807) is 6.08 Å². The molecular formula is C24H26N2O5. The van der Waals surface area contributed by atoms with Crippen molar-refractivity contribution in [3.63, 3.8) is 0 Å². The number of hydrogen-bond acceptors (Lipinski definition) is 6. The van der Waals surface area contributed by atoms with Crippen LogP contribution in [0.4, 0.5) is 5.69 Å². The second-order valence-electron chi connectivity index (χ2n) is 9.60.